The molecule has 1 atom stereocenters. The SMILES string of the molecule is CC1CCCN(CC(=O)NCCc2ccc3c(c2)OCCO3)C1. The van der Waals surface area contributed by atoms with Crippen LogP contribution in [0.3, 0.4) is 0 Å². The van der Waals surface area contributed by atoms with Crippen LogP contribution >= 0.6 is 0 Å². The van der Waals surface area contributed by atoms with Crippen LogP contribution < -0.4 is 14.8 Å². The van der Waals surface area contributed by atoms with Gasteiger partial charge in [0.2, 0.25) is 5.91 Å². The van der Waals surface area contributed by atoms with Gasteiger partial charge in [0.05, 0.1) is 6.54 Å². The molecule has 0 saturated carbocycles. The first-order valence-corrected chi connectivity index (χ1v) is 8.58. The molecule has 126 valence electrons. The van der Waals surface area contributed by atoms with Gasteiger partial charge in [-0.2, -0.15) is 0 Å². The van der Waals surface area contributed by atoms with Crippen LogP contribution in [0.1, 0.15) is 25.3 Å². The number of likely N-dealkylation sites (tertiary alicyclic amines) is 1. The topological polar surface area (TPSA) is 50.8 Å². The number of rotatable bonds is 5. The van der Waals surface area contributed by atoms with Crippen molar-refractivity contribution in [2.75, 3.05) is 39.4 Å². The molecule has 0 aromatic heterocycles. The van der Waals surface area contributed by atoms with Crippen LogP contribution in [0.2, 0.25) is 0 Å². The van der Waals surface area contributed by atoms with Crippen LogP contribution in [0.4, 0.5) is 0 Å². The van der Waals surface area contributed by atoms with Crippen molar-refractivity contribution in [2.45, 2.75) is 26.2 Å². The summed E-state index contributed by atoms with van der Waals surface area (Å²) in [6.45, 7) is 6.72. The number of piperidine rings is 1. The first-order chi connectivity index (χ1) is 11.2. The molecule has 1 aromatic carbocycles. The monoisotopic (exact) mass is 318 g/mol. The highest BCUT2D eigenvalue weighted by atomic mass is 16.6. The molecule has 1 saturated heterocycles. The molecule has 1 fully saturated rings. The van der Waals surface area contributed by atoms with E-state index < -0.39 is 0 Å². The van der Waals surface area contributed by atoms with E-state index in [2.05, 4.69) is 17.1 Å². The minimum atomic E-state index is 0.122. The van der Waals surface area contributed by atoms with Crippen LogP contribution in [-0.2, 0) is 11.2 Å². The van der Waals surface area contributed by atoms with E-state index in [1.54, 1.807) is 0 Å². The molecule has 1 unspecified atom stereocenters. The molecule has 0 aliphatic carbocycles. The Labute approximate surface area is 137 Å². The maximum absolute atomic E-state index is 12.0. The largest absolute Gasteiger partial charge is 0.486 e. The van der Waals surface area contributed by atoms with Crippen LogP contribution in [-0.4, -0.2) is 50.2 Å². The first-order valence-electron chi connectivity index (χ1n) is 8.58. The Morgan fingerprint density at radius 2 is 2.13 bits per heavy atom. The summed E-state index contributed by atoms with van der Waals surface area (Å²) in [5.74, 6) is 2.44. The van der Waals surface area contributed by atoms with E-state index in [1.165, 1.54) is 12.8 Å². The van der Waals surface area contributed by atoms with Crippen molar-refractivity contribution < 1.29 is 14.3 Å². The second kappa shape index (κ2) is 7.68. The third kappa shape index (κ3) is 4.61. The third-order valence-electron chi connectivity index (χ3n) is 4.45. The molecule has 2 aliphatic rings. The Morgan fingerprint density at radius 1 is 1.30 bits per heavy atom. The molecular formula is C18H26N2O3. The summed E-state index contributed by atoms with van der Waals surface area (Å²) >= 11 is 0. The van der Waals surface area contributed by atoms with Crippen LogP contribution in [0.25, 0.3) is 0 Å². The van der Waals surface area contributed by atoms with Gasteiger partial charge in [-0.15, -0.1) is 0 Å². The summed E-state index contributed by atoms with van der Waals surface area (Å²) in [6, 6.07) is 5.99. The van der Waals surface area contributed by atoms with Crippen LogP contribution in [0, 0.1) is 5.92 Å². The molecule has 0 radical (unpaired) electrons. The van der Waals surface area contributed by atoms with E-state index in [-0.39, 0.29) is 5.91 Å². The number of ether oxygens (including phenoxy) is 2. The lowest BCUT2D eigenvalue weighted by atomic mass is 10.0. The third-order valence-corrected chi connectivity index (χ3v) is 4.45. The second-order valence-corrected chi connectivity index (χ2v) is 6.56. The number of amides is 1. The summed E-state index contributed by atoms with van der Waals surface area (Å²) in [5.41, 5.74) is 1.15. The molecule has 2 heterocycles. The Hall–Kier alpha value is -1.75. The minimum absolute atomic E-state index is 0.122. The quantitative estimate of drug-likeness (QED) is 0.900. The van der Waals surface area contributed by atoms with Gasteiger partial charge in [-0.25, -0.2) is 0 Å². The van der Waals surface area contributed by atoms with Crippen molar-refractivity contribution in [1.29, 1.82) is 0 Å². The molecule has 1 amide bonds. The summed E-state index contributed by atoms with van der Waals surface area (Å²) < 4.78 is 11.1. The zero-order valence-electron chi connectivity index (χ0n) is 13.8. The summed E-state index contributed by atoms with van der Waals surface area (Å²) in [4.78, 5) is 14.3. The van der Waals surface area contributed by atoms with Gasteiger partial charge >= 0.3 is 0 Å². The average molecular weight is 318 g/mol. The molecule has 5 heteroatoms. The predicted molar refractivity (Wildman–Crippen MR) is 89.0 cm³/mol. The second-order valence-electron chi connectivity index (χ2n) is 6.56. The summed E-state index contributed by atoms with van der Waals surface area (Å²) in [7, 11) is 0. The fourth-order valence-corrected chi connectivity index (χ4v) is 3.28. The Bertz CT molecular complexity index is 547. The lowest BCUT2D eigenvalue weighted by Crippen LogP contribution is -2.42. The molecule has 1 aromatic rings. The van der Waals surface area contributed by atoms with Gasteiger partial charge in [0.15, 0.2) is 11.5 Å². The van der Waals surface area contributed by atoms with E-state index in [0.717, 1.165) is 36.6 Å². The van der Waals surface area contributed by atoms with E-state index in [1.807, 2.05) is 18.2 Å². The highest BCUT2D eigenvalue weighted by molar-refractivity contribution is 5.78. The lowest BCUT2D eigenvalue weighted by Gasteiger charge is -2.30. The fraction of sp³-hybridized carbons (Fsp3) is 0.611. The number of fused-ring (bicyclic) bond motifs is 1. The first kappa shape index (κ1) is 16.1. The number of carbonyl (C=O) groups is 1. The zero-order chi connectivity index (χ0) is 16.1. The van der Waals surface area contributed by atoms with Gasteiger partial charge in [-0.05, 0) is 49.4 Å². The number of benzene rings is 1. The average Bonchev–Trinajstić information content (AvgIpc) is 2.55. The van der Waals surface area contributed by atoms with Gasteiger partial charge < -0.3 is 14.8 Å². The number of carbonyl (C=O) groups excluding carboxylic acids is 1. The van der Waals surface area contributed by atoms with E-state index >= 15 is 0 Å². The molecule has 0 bridgehead atoms. The van der Waals surface area contributed by atoms with Gasteiger partial charge in [0.25, 0.3) is 0 Å². The number of nitrogens with zero attached hydrogens (tertiary/aromatic N) is 1. The van der Waals surface area contributed by atoms with Crippen molar-refractivity contribution in [3.8, 4) is 11.5 Å². The van der Waals surface area contributed by atoms with E-state index in [0.29, 0.717) is 32.2 Å². The number of hydrogen-bond donors (Lipinski definition) is 1. The van der Waals surface area contributed by atoms with Gasteiger partial charge in [-0.1, -0.05) is 13.0 Å². The fourth-order valence-electron chi connectivity index (χ4n) is 3.28. The summed E-state index contributed by atoms with van der Waals surface area (Å²) in [5, 5.41) is 3.02. The van der Waals surface area contributed by atoms with Crippen molar-refractivity contribution in [2.24, 2.45) is 5.92 Å². The summed E-state index contributed by atoms with van der Waals surface area (Å²) in [6.07, 6.45) is 3.28. The zero-order valence-corrected chi connectivity index (χ0v) is 13.8. The van der Waals surface area contributed by atoms with Gasteiger partial charge in [0.1, 0.15) is 13.2 Å². The molecule has 23 heavy (non-hydrogen) atoms. The minimum Gasteiger partial charge on any atom is -0.486 e. The highest BCUT2D eigenvalue weighted by Crippen LogP contribution is 2.30. The Balaban J connectivity index is 1.41. The van der Waals surface area contributed by atoms with Crippen LogP contribution in [0.15, 0.2) is 18.2 Å². The van der Waals surface area contributed by atoms with Gasteiger partial charge in [-0.3, -0.25) is 9.69 Å². The number of nitrogens with one attached hydrogen (secondary N) is 1. The van der Waals surface area contributed by atoms with E-state index in [4.69, 9.17) is 9.47 Å². The molecule has 1 N–H and O–H groups in total. The molecular weight excluding hydrogens is 292 g/mol. The van der Waals surface area contributed by atoms with E-state index in [9.17, 15) is 4.79 Å². The predicted octanol–water partition coefficient (Wildman–Crippen LogP) is 1.85. The Morgan fingerprint density at radius 3 is 2.96 bits per heavy atom. The maximum Gasteiger partial charge on any atom is 0.234 e. The van der Waals surface area contributed by atoms with Crippen molar-refractivity contribution >= 4 is 5.91 Å². The molecule has 2 aliphatic heterocycles. The van der Waals surface area contributed by atoms with Crippen molar-refractivity contribution in [1.82, 2.24) is 10.2 Å². The highest BCUT2D eigenvalue weighted by Gasteiger charge is 2.18. The Kier molecular flexibility index (Phi) is 5.39. The van der Waals surface area contributed by atoms with Crippen molar-refractivity contribution in [3.63, 3.8) is 0 Å². The van der Waals surface area contributed by atoms with Crippen molar-refractivity contribution in [3.05, 3.63) is 23.8 Å². The lowest BCUT2D eigenvalue weighted by molar-refractivity contribution is -0.122. The van der Waals surface area contributed by atoms with Gasteiger partial charge in [0, 0.05) is 13.1 Å². The molecule has 3 rings (SSSR count). The maximum atomic E-state index is 12.0. The normalized spacial score (nSPS) is 21.0. The molecule has 0 spiro atoms. The van der Waals surface area contributed by atoms with Crippen LogP contribution in [0.5, 0.6) is 11.5 Å². The molecule has 5 nitrogen and oxygen atoms in total. The standard InChI is InChI=1S/C18H26N2O3/c1-14-3-2-8-20(12-14)13-18(21)19-7-6-15-4-5-16-17(11-15)23-10-9-22-16/h4-5,11,14H,2-3,6-10,12-13H2,1H3,(H,19,21). The smallest absolute Gasteiger partial charge is 0.234 e. The number of hydrogen-bond acceptors (Lipinski definition) is 4.